The lowest BCUT2D eigenvalue weighted by molar-refractivity contribution is -0.145. The molecule has 2 N–H and O–H groups in total. The van der Waals surface area contributed by atoms with Crippen LogP contribution in [0.4, 0.5) is 5.69 Å². The fourth-order valence-electron chi connectivity index (χ4n) is 1.91. The van der Waals surface area contributed by atoms with E-state index in [1.165, 1.54) is 0 Å². The molecule has 2 atom stereocenters. The highest BCUT2D eigenvalue weighted by Gasteiger charge is 2.17. The first-order chi connectivity index (χ1) is 9.97. The molecule has 1 rings (SSSR count). The molecule has 0 aromatic heterocycles. The Balaban J connectivity index is 2.60. The van der Waals surface area contributed by atoms with Crippen LogP contribution in [-0.4, -0.2) is 24.5 Å². The summed E-state index contributed by atoms with van der Waals surface area (Å²) in [6.45, 7) is 7.74. The number of ether oxygens (including phenoxy) is 1. The standard InChI is InChI=1S/C16H24N2O3/c1-5-15(19)18-14-9-7-13(8-10-14)11(3)17-12(4)16(20)21-6-2/h7-12,17H,5-6H2,1-4H3,(H,18,19). The first kappa shape index (κ1) is 17.2. The normalized spacial score (nSPS) is 13.3. The maximum atomic E-state index is 11.6. The van der Waals surface area contributed by atoms with Gasteiger partial charge < -0.3 is 10.1 Å². The number of carbonyl (C=O) groups excluding carboxylic acids is 2. The third-order valence-corrected chi connectivity index (χ3v) is 3.16. The molecule has 0 radical (unpaired) electrons. The van der Waals surface area contributed by atoms with Gasteiger partial charge in [0.15, 0.2) is 0 Å². The minimum atomic E-state index is -0.362. The molecular weight excluding hydrogens is 268 g/mol. The van der Waals surface area contributed by atoms with Gasteiger partial charge in [-0.15, -0.1) is 0 Å². The van der Waals surface area contributed by atoms with Crippen molar-refractivity contribution in [3.63, 3.8) is 0 Å². The Morgan fingerprint density at radius 2 is 1.76 bits per heavy atom. The van der Waals surface area contributed by atoms with Crippen LogP contribution in [0.15, 0.2) is 24.3 Å². The van der Waals surface area contributed by atoms with Gasteiger partial charge in [-0.2, -0.15) is 0 Å². The molecule has 0 bridgehead atoms. The number of hydrogen-bond acceptors (Lipinski definition) is 4. The summed E-state index contributed by atoms with van der Waals surface area (Å²) in [6, 6.07) is 7.23. The van der Waals surface area contributed by atoms with Gasteiger partial charge in [0, 0.05) is 18.2 Å². The number of benzene rings is 1. The van der Waals surface area contributed by atoms with E-state index in [1.807, 2.05) is 38.1 Å². The lowest BCUT2D eigenvalue weighted by Gasteiger charge is -2.19. The third-order valence-electron chi connectivity index (χ3n) is 3.16. The summed E-state index contributed by atoms with van der Waals surface area (Å²) in [6.07, 6.45) is 0.455. The molecule has 0 heterocycles. The average molecular weight is 292 g/mol. The molecule has 0 spiro atoms. The summed E-state index contributed by atoms with van der Waals surface area (Å²) in [4.78, 5) is 22.9. The van der Waals surface area contributed by atoms with Gasteiger partial charge in [-0.25, -0.2) is 0 Å². The molecule has 21 heavy (non-hydrogen) atoms. The van der Waals surface area contributed by atoms with Gasteiger partial charge in [0.05, 0.1) is 6.61 Å². The zero-order valence-electron chi connectivity index (χ0n) is 13.1. The van der Waals surface area contributed by atoms with E-state index < -0.39 is 0 Å². The minimum Gasteiger partial charge on any atom is -0.465 e. The van der Waals surface area contributed by atoms with E-state index in [0.29, 0.717) is 13.0 Å². The maximum Gasteiger partial charge on any atom is 0.322 e. The second kappa shape index (κ2) is 8.42. The van der Waals surface area contributed by atoms with Crippen molar-refractivity contribution in [2.24, 2.45) is 0 Å². The molecule has 1 aromatic carbocycles. The van der Waals surface area contributed by atoms with Crippen LogP contribution in [0.1, 0.15) is 45.7 Å². The zero-order chi connectivity index (χ0) is 15.8. The zero-order valence-corrected chi connectivity index (χ0v) is 13.1. The van der Waals surface area contributed by atoms with Crippen LogP contribution in [0, 0.1) is 0 Å². The largest absolute Gasteiger partial charge is 0.465 e. The maximum absolute atomic E-state index is 11.6. The lowest BCUT2D eigenvalue weighted by Crippen LogP contribution is -2.37. The Kier molecular flexibility index (Phi) is 6.88. The number of rotatable bonds is 7. The van der Waals surface area contributed by atoms with E-state index in [9.17, 15) is 9.59 Å². The average Bonchev–Trinajstić information content (AvgIpc) is 2.47. The van der Waals surface area contributed by atoms with Gasteiger partial charge in [-0.05, 0) is 38.5 Å². The number of carbonyl (C=O) groups is 2. The summed E-state index contributed by atoms with van der Waals surface area (Å²) in [7, 11) is 0. The number of esters is 1. The Morgan fingerprint density at radius 3 is 2.29 bits per heavy atom. The quantitative estimate of drug-likeness (QED) is 0.758. The Bertz CT molecular complexity index is 471. The van der Waals surface area contributed by atoms with Crippen molar-refractivity contribution >= 4 is 17.6 Å². The molecule has 5 nitrogen and oxygen atoms in total. The van der Waals surface area contributed by atoms with Gasteiger partial charge in [0.25, 0.3) is 0 Å². The van der Waals surface area contributed by atoms with Crippen LogP contribution < -0.4 is 10.6 Å². The molecule has 0 aliphatic heterocycles. The predicted molar refractivity (Wildman–Crippen MR) is 83.0 cm³/mol. The predicted octanol–water partition coefficient (Wildman–Crippen LogP) is 2.64. The van der Waals surface area contributed by atoms with Gasteiger partial charge in [0.2, 0.25) is 5.91 Å². The minimum absolute atomic E-state index is 0.00939. The number of amides is 1. The molecule has 0 saturated heterocycles. The van der Waals surface area contributed by atoms with Gasteiger partial charge in [0.1, 0.15) is 6.04 Å². The van der Waals surface area contributed by atoms with E-state index in [2.05, 4.69) is 10.6 Å². The van der Waals surface area contributed by atoms with Gasteiger partial charge in [-0.1, -0.05) is 19.1 Å². The molecular formula is C16H24N2O3. The molecule has 0 aliphatic rings. The van der Waals surface area contributed by atoms with Crippen LogP contribution in [-0.2, 0) is 14.3 Å². The highest BCUT2D eigenvalue weighted by Crippen LogP contribution is 2.17. The number of nitrogens with one attached hydrogen (secondary N) is 2. The van der Waals surface area contributed by atoms with Crippen LogP contribution >= 0.6 is 0 Å². The topological polar surface area (TPSA) is 67.4 Å². The summed E-state index contributed by atoms with van der Waals surface area (Å²) < 4.78 is 4.97. The third kappa shape index (κ3) is 5.55. The molecule has 0 saturated carbocycles. The Labute approximate surface area is 126 Å². The van der Waals surface area contributed by atoms with E-state index in [0.717, 1.165) is 11.3 Å². The fourth-order valence-corrected chi connectivity index (χ4v) is 1.91. The smallest absolute Gasteiger partial charge is 0.322 e. The van der Waals surface area contributed by atoms with E-state index >= 15 is 0 Å². The second-order valence-electron chi connectivity index (χ2n) is 4.89. The molecule has 5 heteroatoms. The highest BCUT2D eigenvalue weighted by molar-refractivity contribution is 5.90. The van der Waals surface area contributed by atoms with E-state index in [-0.39, 0.29) is 24.0 Å². The van der Waals surface area contributed by atoms with Gasteiger partial charge in [-0.3, -0.25) is 14.9 Å². The Hall–Kier alpha value is -1.88. The van der Waals surface area contributed by atoms with Crippen molar-refractivity contribution in [2.75, 3.05) is 11.9 Å². The van der Waals surface area contributed by atoms with Crippen LogP contribution in [0.3, 0.4) is 0 Å². The van der Waals surface area contributed by atoms with Crippen molar-refractivity contribution in [3.8, 4) is 0 Å². The van der Waals surface area contributed by atoms with Crippen molar-refractivity contribution in [1.29, 1.82) is 0 Å². The van der Waals surface area contributed by atoms with Gasteiger partial charge >= 0.3 is 5.97 Å². The van der Waals surface area contributed by atoms with Crippen LogP contribution in [0.2, 0.25) is 0 Å². The van der Waals surface area contributed by atoms with E-state index in [4.69, 9.17) is 4.74 Å². The summed E-state index contributed by atoms with van der Waals surface area (Å²) >= 11 is 0. The summed E-state index contributed by atoms with van der Waals surface area (Å²) in [5, 5.41) is 5.99. The molecule has 0 aliphatic carbocycles. The first-order valence-electron chi connectivity index (χ1n) is 7.30. The van der Waals surface area contributed by atoms with Crippen molar-refractivity contribution in [3.05, 3.63) is 29.8 Å². The van der Waals surface area contributed by atoms with Crippen LogP contribution in [0.5, 0.6) is 0 Å². The van der Waals surface area contributed by atoms with E-state index in [1.54, 1.807) is 13.8 Å². The fraction of sp³-hybridized carbons (Fsp3) is 0.500. The SMILES string of the molecule is CCOC(=O)C(C)NC(C)c1ccc(NC(=O)CC)cc1. The molecule has 1 aromatic rings. The number of hydrogen-bond donors (Lipinski definition) is 2. The summed E-state index contributed by atoms with van der Waals surface area (Å²) in [5.74, 6) is -0.263. The molecule has 1 amide bonds. The molecule has 0 fully saturated rings. The van der Waals surface area contributed by atoms with Crippen molar-refractivity contribution in [2.45, 2.75) is 46.2 Å². The highest BCUT2D eigenvalue weighted by atomic mass is 16.5. The Morgan fingerprint density at radius 1 is 1.14 bits per heavy atom. The monoisotopic (exact) mass is 292 g/mol. The lowest BCUT2D eigenvalue weighted by atomic mass is 10.1. The molecule has 2 unspecified atom stereocenters. The molecule has 116 valence electrons. The number of anilines is 1. The second-order valence-corrected chi connectivity index (χ2v) is 4.89. The van der Waals surface area contributed by atoms with Crippen molar-refractivity contribution in [1.82, 2.24) is 5.32 Å². The van der Waals surface area contributed by atoms with Crippen molar-refractivity contribution < 1.29 is 14.3 Å². The summed E-state index contributed by atoms with van der Waals surface area (Å²) in [5.41, 5.74) is 1.82. The first-order valence-corrected chi connectivity index (χ1v) is 7.30. The van der Waals surface area contributed by atoms with Crippen LogP contribution in [0.25, 0.3) is 0 Å².